The van der Waals surface area contributed by atoms with E-state index >= 15 is 0 Å². The Kier molecular flexibility index (Phi) is 3.19. The van der Waals surface area contributed by atoms with Crippen molar-refractivity contribution in [3.05, 3.63) is 18.1 Å². The van der Waals surface area contributed by atoms with Gasteiger partial charge in [0.2, 0.25) is 0 Å². The van der Waals surface area contributed by atoms with E-state index in [9.17, 15) is 10.2 Å². The van der Waals surface area contributed by atoms with E-state index < -0.39 is 24.4 Å². The molecule has 3 aliphatic heterocycles. The molecule has 0 radical (unpaired) electrons. The van der Waals surface area contributed by atoms with Crippen molar-refractivity contribution in [3.8, 4) is 11.4 Å². The average Bonchev–Trinajstić information content (AvgIpc) is 2.94. The molecule has 102 valence electrons. The van der Waals surface area contributed by atoms with Crippen LogP contribution in [0.2, 0.25) is 0 Å². The fraction of sp³-hybridized carbons (Fsp3) is 0.455. The first kappa shape index (κ1) is 12.8. The van der Waals surface area contributed by atoms with E-state index in [0.717, 1.165) is 0 Å². The van der Waals surface area contributed by atoms with Crippen molar-refractivity contribution in [2.75, 3.05) is 6.61 Å². The van der Waals surface area contributed by atoms with Crippen molar-refractivity contribution in [2.45, 2.75) is 29.4 Å². The van der Waals surface area contributed by atoms with Crippen molar-refractivity contribution in [1.82, 2.24) is 15.0 Å². The van der Waals surface area contributed by atoms with Gasteiger partial charge >= 0.3 is 0 Å². The Bertz CT molecular complexity index is 563. The monoisotopic (exact) mass is 283 g/mol. The molecule has 0 saturated carbocycles. The summed E-state index contributed by atoms with van der Waals surface area (Å²) in [5, 5.41) is 29.3. The summed E-state index contributed by atoms with van der Waals surface area (Å²) in [6, 6.07) is 0. The van der Waals surface area contributed by atoms with E-state index in [1.54, 1.807) is 6.20 Å². The average molecular weight is 283 g/mol. The number of aromatic nitrogens is 3. The lowest BCUT2D eigenvalue weighted by Gasteiger charge is -2.14. The molecule has 0 spiro atoms. The van der Waals surface area contributed by atoms with Crippen molar-refractivity contribution >= 4 is 12.6 Å². The summed E-state index contributed by atoms with van der Waals surface area (Å²) in [7, 11) is 0. The van der Waals surface area contributed by atoms with Gasteiger partial charge in [0.05, 0.1) is 18.6 Å². The summed E-state index contributed by atoms with van der Waals surface area (Å²) < 4.78 is 5.47. The summed E-state index contributed by atoms with van der Waals surface area (Å²) in [4.78, 5) is 11.1. The van der Waals surface area contributed by atoms with Crippen LogP contribution < -0.4 is 0 Å². The first-order chi connectivity index (χ1) is 9.13. The lowest BCUT2D eigenvalue weighted by atomic mass is 10.0. The second kappa shape index (κ2) is 4.73. The van der Waals surface area contributed by atoms with E-state index in [4.69, 9.17) is 9.84 Å². The molecule has 0 aromatic carbocycles. The second-order valence-electron chi connectivity index (χ2n) is 4.42. The Balaban J connectivity index is 1.99. The Morgan fingerprint density at radius 2 is 2.11 bits per heavy atom. The van der Waals surface area contributed by atoms with E-state index in [0.29, 0.717) is 22.0 Å². The van der Waals surface area contributed by atoms with Gasteiger partial charge in [-0.3, -0.25) is 4.98 Å². The quantitative estimate of drug-likeness (QED) is 0.370. The molecule has 0 aliphatic carbocycles. The molecule has 0 amide bonds. The van der Waals surface area contributed by atoms with Crippen molar-refractivity contribution in [2.24, 2.45) is 0 Å². The second-order valence-corrected chi connectivity index (χ2v) is 4.85. The Morgan fingerprint density at radius 1 is 1.32 bits per heavy atom. The minimum absolute atomic E-state index is 0.357. The third-order valence-corrected chi connectivity index (χ3v) is 3.64. The first-order valence-electron chi connectivity index (χ1n) is 5.77. The minimum atomic E-state index is -1.13. The fourth-order valence-electron chi connectivity index (χ4n) is 2.31. The Hall–Kier alpha value is -1.19. The smallest absolute Gasteiger partial charge is 0.123 e. The van der Waals surface area contributed by atoms with Gasteiger partial charge in [0, 0.05) is 11.8 Å². The number of hydrogen-bond donors (Lipinski definition) is 5. The van der Waals surface area contributed by atoms with Crippen LogP contribution >= 0.6 is 12.6 Å². The molecule has 4 atom stereocenters. The van der Waals surface area contributed by atoms with Gasteiger partial charge < -0.3 is 25.0 Å². The van der Waals surface area contributed by atoms with Crippen LogP contribution in [-0.2, 0) is 4.74 Å². The number of nitrogens with one attached hydrogen (secondary N) is 1. The summed E-state index contributed by atoms with van der Waals surface area (Å²) in [5.74, 6) is 0. The van der Waals surface area contributed by atoms with Crippen LogP contribution in [0, 0.1) is 0 Å². The third kappa shape index (κ3) is 1.92. The highest BCUT2D eigenvalue weighted by Crippen LogP contribution is 2.39. The lowest BCUT2D eigenvalue weighted by Crippen LogP contribution is -2.32. The standard InChI is InChI=1S/C11H13N3O4S/c15-2-5-8(16)9(17)10(18-5)4-1-12-7-6(4)13-3-14-11(7)19/h1,3,5,8-10,15-17,19H,2H2,(H,13,14)/t5-,8-,9-,10+/m1/s1. The maximum atomic E-state index is 10.00. The highest BCUT2D eigenvalue weighted by Gasteiger charge is 2.44. The summed E-state index contributed by atoms with van der Waals surface area (Å²) in [6.07, 6.45) is -0.780. The third-order valence-electron chi connectivity index (χ3n) is 3.31. The SMILES string of the molecule is OC[C@H]1O[C@@H](c2cnc3c(S)nc[nH]c2-3)[C@H](O)[C@@H]1O. The molecule has 0 bridgehead atoms. The molecule has 3 heterocycles. The van der Waals surface area contributed by atoms with E-state index in [1.807, 2.05) is 0 Å². The molecule has 3 rings (SSSR count). The van der Waals surface area contributed by atoms with E-state index in [2.05, 4.69) is 27.6 Å². The fourth-order valence-corrected chi connectivity index (χ4v) is 2.54. The number of ether oxygens (including phenoxy) is 1. The summed E-state index contributed by atoms with van der Waals surface area (Å²) >= 11 is 4.20. The zero-order chi connectivity index (χ0) is 13.6. The van der Waals surface area contributed by atoms with Gasteiger partial charge in [0.15, 0.2) is 0 Å². The van der Waals surface area contributed by atoms with Crippen LogP contribution in [0.4, 0.5) is 0 Å². The number of H-pyrrole nitrogens is 1. The number of aromatic amines is 1. The van der Waals surface area contributed by atoms with Gasteiger partial charge in [0.25, 0.3) is 0 Å². The first-order valence-corrected chi connectivity index (χ1v) is 6.21. The van der Waals surface area contributed by atoms with Gasteiger partial charge in [-0.25, -0.2) is 4.98 Å². The van der Waals surface area contributed by atoms with Crippen LogP contribution in [0.5, 0.6) is 0 Å². The Morgan fingerprint density at radius 3 is 2.79 bits per heavy atom. The van der Waals surface area contributed by atoms with Gasteiger partial charge in [-0.2, -0.15) is 0 Å². The highest BCUT2D eigenvalue weighted by atomic mass is 32.1. The molecule has 0 aromatic rings. The van der Waals surface area contributed by atoms with Gasteiger partial charge in [-0.05, 0) is 0 Å². The number of aliphatic hydroxyl groups is 3. The molecule has 0 aromatic heterocycles. The zero-order valence-electron chi connectivity index (χ0n) is 9.76. The molecule has 4 N–H and O–H groups in total. The number of nitrogens with zero attached hydrogens (tertiary/aromatic N) is 2. The van der Waals surface area contributed by atoms with Crippen LogP contribution in [0.15, 0.2) is 17.6 Å². The zero-order valence-corrected chi connectivity index (χ0v) is 10.7. The molecule has 0 unspecified atom stereocenters. The van der Waals surface area contributed by atoms with Crippen molar-refractivity contribution < 1.29 is 20.1 Å². The molecule has 1 saturated heterocycles. The van der Waals surface area contributed by atoms with Gasteiger partial charge in [-0.1, -0.05) is 0 Å². The topological polar surface area (TPSA) is 111 Å². The normalized spacial score (nSPS) is 31.2. The van der Waals surface area contributed by atoms with Crippen LogP contribution in [0.25, 0.3) is 11.4 Å². The molecule has 19 heavy (non-hydrogen) atoms. The lowest BCUT2D eigenvalue weighted by molar-refractivity contribution is -0.0226. The predicted octanol–water partition coefficient (Wildman–Crippen LogP) is -0.648. The Labute approximate surface area is 114 Å². The number of fused-ring (bicyclic) bond motifs is 1. The maximum absolute atomic E-state index is 10.00. The summed E-state index contributed by atoms with van der Waals surface area (Å²) in [6.45, 7) is -0.357. The molecular weight excluding hydrogens is 270 g/mol. The minimum Gasteiger partial charge on any atom is -0.394 e. The number of hydrogen-bond acceptors (Lipinski definition) is 7. The molecular formula is C11H13N3O4S. The van der Waals surface area contributed by atoms with Gasteiger partial charge in [0.1, 0.15) is 35.1 Å². The van der Waals surface area contributed by atoms with Crippen molar-refractivity contribution in [1.29, 1.82) is 0 Å². The van der Waals surface area contributed by atoms with Crippen LogP contribution in [0.1, 0.15) is 11.7 Å². The van der Waals surface area contributed by atoms with E-state index in [-0.39, 0.29) is 6.61 Å². The summed E-state index contributed by atoms with van der Waals surface area (Å²) in [5.41, 5.74) is 1.82. The molecule has 7 nitrogen and oxygen atoms in total. The largest absolute Gasteiger partial charge is 0.394 e. The molecule has 3 aliphatic rings. The predicted molar refractivity (Wildman–Crippen MR) is 67.0 cm³/mol. The highest BCUT2D eigenvalue weighted by molar-refractivity contribution is 7.80. The molecule has 8 heteroatoms. The number of rotatable bonds is 2. The number of thiol groups is 1. The molecule has 1 fully saturated rings. The maximum Gasteiger partial charge on any atom is 0.123 e. The number of aliphatic hydroxyl groups excluding tert-OH is 3. The van der Waals surface area contributed by atoms with Gasteiger partial charge in [-0.15, -0.1) is 12.6 Å². The van der Waals surface area contributed by atoms with Crippen molar-refractivity contribution in [3.63, 3.8) is 0 Å². The van der Waals surface area contributed by atoms with Crippen LogP contribution in [-0.4, -0.2) is 55.2 Å². The van der Waals surface area contributed by atoms with E-state index in [1.165, 1.54) is 6.33 Å². The van der Waals surface area contributed by atoms with Crippen LogP contribution in [0.3, 0.4) is 0 Å².